The summed E-state index contributed by atoms with van der Waals surface area (Å²) in [4.78, 5) is 11.8. The number of amides is 1. The molecule has 2 aromatic rings. The van der Waals surface area contributed by atoms with E-state index in [9.17, 15) is 4.79 Å². The second kappa shape index (κ2) is 5.22. The Bertz CT molecular complexity index is 551. The number of hydrogen-bond acceptors (Lipinski definition) is 4. The maximum absolute atomic E-state index is 11.8. The lowest BCUT2D eigenvalue weighted by Gasteiger charge is -2.08. The number of para-hydroxylation sites is 1. The molecule has 94 valence electrons. The fourth-order valence-corrected chi connectivity index (χ4v) is 1.60. The van der Waals surface area contributed by atoms with Crippen molar-refractivity contribution in [3.05, 3.63) is 36.0 Å². The van der Waals surface area contributed by atoms with Crippen molar-refractivity contribution in [3.8, 4) is 5.75 Å². The Morgan fingerprint density at radius 1 is 1.50 bits per heavy atom. The van der Waals surface area contributed by atoms with E-state index < -0.39 is 0 Å². The summed E-state index contributed by atoms with van der Waals surface area (Å²) in [7, 11) is 1.57. The molecule has 0 fully saturated rings. The van der Waals surface area contributed by atoms with Gasteiger partial charge in [-0.3, -0.25) is 9.89 Å². The molecule has 0 aliphatic rings. The van der Waals surface area contributed by atoms with Crippen molar-refractivity contribution in [1.82, 2.24) is 10.2 Å². The van der Waals surface area contributed by atoms with Gasteiger partial charge in [0.15, 0.2) is 5.82 Å². The Morgan fingerprint density at radius 2 is 2.28 bits per heavy atom. The number of nitrogens with two attached hydrogens (primary N) is 1. The first-order valence-electron chi connectivity index (χ1n) is 5.41. The van der Waals surface area contributed by atoms with E-state index in [-0.39, 0.29) is 12.3 Å². The number of H-pyrrole nitrogens is 1. The number of rotatable bonds is 4. The maximum Gasteiger partial charge on any atom is 0.230 e. The van der Waals surface area contributed by atoms with Crippen LogP contribution in [0.4, 0.5) is 11.5 Å². The maximum atomic E-state index is 11.8. The highest BCUT2D eigenvalue weighted by Gasteiger charge is 2.10. The average molecular weight is 246 g/mol. The molecule has 0 atom stereocenters. The lowest BCUT2D eigenvalue weighted by molar-refractivity contribution is -0.115. The van der Waals surface area contributed by atoms with E-state index in [2.05, 4.69) is 15.5 Å². The number of nitrogens with one attached hydrogen (secondary N) is 2. The molecule has 1 amide bonds. The molecule has 6 nitrogen and oxygen atoms in total. The number of methoxy groups -OCH3 is 1. The summed E-state index contributed by atoms with van der Waals surface area (Å²) in [5.74, 6) is 0.913. The van der Waals surface area contributed by atoms with Gasteiger partial charge in [0.05, 0.1) is 25.4 Å². The fourth-order valence-electron chi connectivity index (χ4n) is 1.60. The molecule has 0 radical (unpaired) electrons. The first-order chi connectivity index (χ1) is 8.70. The minimum Gasteiger partial charge on any atom is -0.496 e. The minimum atomic E-state index is -0.185. The molecule has 1 aromatic carbocycles. The number of aromatic nitrogens is 2. The van der Waals surface area contributed by atoms with Gasteiger partial charge in [-0.15, -0.1) is 0 Å². The number of nitrogens with zero attached hydrogens (tertiary/aromatic N) is 1. The summed E-state index contributed by atoms with van der Waals surface area (Å²) in [5, 5.41) is 8.99. The molecule has 0 aliphatic carbocycles. The van der Waals surface area contributed by atoms with Crippen molar-refractivity contribution in [2.24, 2.45) is 0 Å². The van der Waals surface area contributed by atoms with E-state index in [4.69, 9.17) is 10.5 Å². The van der Waals surface area contributed by atoms with Gasteiger partial charge < -0.3 is 15.8 Å². The van der Waals surface area contributed by atoms with Gasteiger partial charge in [-0.05, 0) is 6.07 Å². The first-order valence-corrected chi connectivity index (χ1v) is 5.41. The van der Waals surface area contributed by atoms with E-state index in [0.717, 1.165) is 5.56 Å². The predicted molar refractivity (Wildman–Crippen MR) is 68.3 cm³/mol. The number of ether oxygens (including phenoxy) is 1. The highest BCUT2D eigenvalue weighted by atomic mass is 16.5. The molecular formula is C12H14N4O2. The van der Waals surface area contributed by atoms with Crippen LogP contribution in [0.2, 0.25) is 0 Å². The molecule has 0 bridgehead atoms. The van der Waals surface area contributed by atoms with Crippen LogP contribution in [0.1, 0.15) is 5.56 Å². The zero-order valence-electron chi connectivity index (χ0n) is 9.93. The Balaban J connectivity index is 2.05. The minimum absolute atomic E-state index is 0.185. The number of anilines is 2. The van der Waals surface area contributed by atoms with Crippen LogP contribution in [0, 0.1) is 0 Å². The molecule has 6 heteroatoms. The van der Waals surface area contributed by atoms with Crippen molar-refractivity contribution in [1.29, 1.82) is 0 Å². The van der Waals surface area contributed by atoms with Gasteiger partial charge in [0.2, 0.25) is 5.91 Å². The van der Waals surface area contributed by atoms with Crippen LogP contribution >= 0.6 is 0 Å². The summed E-state index contributed by atoms with van der Waals surface area (Å²) in [6.45, 7) is 0. The number of hydrogen-bond donors (Lipinski definition) is 3. The molecule has 1 aromatic heterocycles. The first kappa shape index (κ1) is 12.0. The second-order valence-corrected chi connectivity index (χ2v) is 3.74. The summed E-state index contributed by atoms with van der Waals surface area (Å²) in [5.41, 5.74) is 6.83. The second-order valence-electron chi connectivity index (χ2n) is 3.74. The highest BCUT2D eigenvalue weighted by molar-refractivity contribution is 5.94. The smallest absolute Gasteiger partial charge is 0.230 e. The van der Waals surface area contributed by atoms with Crippen molar-refractivity contribution < 1.29 is 9.53 Å². The van der Waals surface area contributed by atoms with Gasteiger partial charge in [0.1, 0.15) is 5.75 Å². The number of aromatic amines is 1. The number of carbonyl (C=O) groups is 1. The monoisotopic (exact) mass is 246 g/mol. The van der Waals surface area contributed by atoms with Crippen LogP contribution in [0.3, 0.4) is 0 Å². The van der Waals surface area contributed by atoms with Crippen LogP contribution < -0.4 is 15.8 Å². The largest absolute Gasteiger partial charge is 0.496 e. The summed E-state index contributed by atoms with van der Waals surface area (Å²) in [6, 6.07) is 7.37. The van der Waals surface area contributed by atoms with Gasteiger partial charge in [-0.2, -0.15) is 5.10 Å². The third-order valence-corrected chi connectivity index (χ3v) is 2.48. The summed E-state index contributed by atoms with van der Waals surface area (Å²) >= 11 is 0. The van der Waals surface area contributed by atoms with Crippen LogP contribution in [0.15, 0.2) is 30.5 Å². The van der Waals surface area contributed by atoms with E-state index >= 15 is 0 Å². The number of nitrogen functional groups attached to an aromatic ring is 1. The normalized spacial score (nSPS) is 10.1. The van der Waals surface area contributed by atoms with Gasteiger partial charge in [-0.1, -0.05) is 18.2 Å². The average Bonchev–Trinajstić information content (AvgIpc) is 2.75. The standard InChI is InChI=1S/C12H14N4O2/c1-18-10-5-3-2-4-8(10)6-11(17)15-12-9(13)7-14-16-12/h2-5,7H,6,13H2,1H3,(H2,14,15,16,17). The SMILES string of the molecule is COc1ccccc1CC(=O)Nc1[nH]ncc1N. The Hall–Kier alpha value is -2.50. The molecule has 0 unspecified atom stereocenters. The molecular weight excluding hydrogens is 232 g/mol. The van der Waals surface area contributed by atoms with Gasteiger partial charge in [0.25, 0.3) is 0 Å². The van der Waals surface area contributed by atoms with E-state index in [0.29, 0.717) is 17.3 Å². The third kappa shape index (κ3) is 2.60. The predicted octanol–water partition coefficient (Wildman–Crippen LogP) is 1.18. The van der Waals surface area contributed by atoms with Crippen molar-refractivity contribution in [2.45, 2.75) is 6.42 Å². The molecule has 0 aliphatic heterocycles. The van der Waals surface area contributed by atoms with Gasteiger partial charge >= 0.3 is 0 Å². The Morgan fingerprint density at radius 3 is 2.94 bits per heavy atom. The van der Waals surface area contributed by atoms with E-state index in [1.165, 1.54) is 6.20 Å². The van der Waals surface area contributed by atoms with Crippen molar-refractivity contribution in [3.63, 3.8) is 0 Å². The molecule has 1 heterocycles. The molecule has 18 heavy (non-hydrogen) atoms. The highest BCUT2D eigenvalue weighted by Crippen LogP contribution is 2.19. The molecule has 2 rings (SSSR count). The lowest BCUT2D eigenvalue weighted by atomic mass is 10.1. The number of carbonyl (C=O) groups excluding carboxylic acids is 1. The van der Waals surface area contributed by atoms with Crippen LogP contribution in [0.5, 0.6) is 5.75 Å². The van der Waals surface area contributed by atoms with E-state index in [1.807, 2.05) is 24.3 Å². The lowest BCUT2D eigenvalue weighted by Crippen LogP contribution is -2.16. The quantitative estimate of drug-likeness (QED) is 0.755. The molecule has 0 saturated carbocycles. The Kier molecular flexibility index (Phi) is 3.47. The van der Waals surface area contributed by atoms with Gasteiger partial charge in [0, 0.05) is 5.56 Å². The van der Waals surface area contributed by atoms with Crippen LogP contribution in [-0.4, -0.2) is 23.2 Å². The topological polar surface area (TPSA) is 93.0 Å². The summed E-state index contributed by atoms with van der Waals surface area (Å²) < 4.78 is 5.18. The fraction of sp³-hybridized carbons (Fsp3) is 0.167. The molecule has 0 saturated heterocycles. The summed E-state index contributed by atoms with van der Waals surface area (Å²) in [6.07, 6.45) is 1.65. The van der Waals surface area contributed by atoms with Gasteiger partial charge in [-0.25, -0.2) is 0 Å². The molecule has 0 spiro atoms. The van der Waals surface area contributed by atoms with Crippen molar-refractivity contribution >= 4 is 17.4 Å². The Labute approximate surface area is 104 Å². The zero-order valence-corrected chi connectivity index (χ0v) is 9.93. The third-order valence-electron chi connectivity index (χ3n) is 2.48. The molecule has 4 N–H and O–H groups in total. The van der Waals surface area contributed by atoms with Crippen LogP contribution in [-0.2, 0) is 11.2 Å². The van der Waals surface area contributed by atoms with E-state index in [1.54, 1.807) is 7.11 Å². The van der Waals surface area contributed by atoms with Crippen LogP contribution in [0.25, 0.3) is 0 Å². The van der Waals surface area contributed by atoms with Crippen molar-refractivity contribution in [2.75, 3.05) is 18.2 Å². The zero-order chi connectivity index (χ0) is 13.0. The number of benzene rings is 1.